The van der Waals surface area contributed by atoms with Crippen molar-refractivity contribution in [2.75, 3.05) is 0 Å². The van der Waals surface area contributed by atoms with E-state index in [9.17, 15) is 0 Å². The van der Waals surface area contributed by atoms with Gasteiger partial charge in [0.2, 0.25) is 0 Å². The number of hydrogen-bond acceptors (Lipinski definition) is 3. The molecule has 3 rings (SSSR count). The molecule has 0 bridgehead atoms. The highest BCUT2D eigenvalue weighted by molar-refractivity contribution is 6.62. The van der Waals surface area contributed by atoms with Gasteiger partial charge in [-0.25, -0.2) is 0 Å². The summed E-state index contributed by atoms with van der Waals surface area (Å²) in [7, 11) is -0.268. The summed E-state index contributed by atoms with van der Waals surface area (Å²) in [4.78, 5) is 4.45. The van der Waals surface area contributed by atoms with E-state index in [1.807, 2.05) is 6.20 Å². The first-order valence-corrected chi connectivity index (χ1v) is 7.60. The van der Waals surface area contributed by atoms with Gasteiger partial charge in [-0.1, -0.05) is 0 Å². The monoisotopic (exact) mass is 273 g/mol. The summed E-state index contributed by atoms with van der Waals surface area (Å²) in [5.41, 5.74) is 3.04. The molecule has 0 spiro atoms. The highest BCUT2D eigenvalue weighted by atomic mass is 16.7. The average molecular weight is 273 g/mol. The molecule has 2 aliphatic rings. The van der Waals surface area contributed by atoms with E-state index in [4.69, 9.17) is 9.31 Å². The Bertz CT molecular complexity index is 507. The molecule has 1 aromatic heterocycles. The topological polar surface area (TPSA) is 31.4 Å². The molecule has 0 atom stereocenters. The van der Waals surface area contributed by atoms with Crippen molar-refractivity contribution >= 4 is 12.6 Å². The average Bonchev–Trinajstić information content (AvgIpc) is 3.10. The van der Waals surface area contributed by atoms with E-state index in [0.29, 0.717) is 0 Å². The minimum atomic E-state index is -0.286. The van der Waals surface area contributed by atoms with Crippen LogP contribution in [0.4, 0.5) is 0 Å². The summed E-state index contributed by atoms with van der Waals surface area (Å²) in [5, 5.41) is 0. The zero-order valence-corrected chi connectivity index (χ0v) is 13.2. The maximum absolute atomic E-state index is 6.20. The molecule has 0 N–H and O–H groups in total. The van der Waals surface area contributed by atoms with Gasteiger partial charge in [0.05, 0.1) is 11.2 Å². The normalized spacial score (nSPS) is 24.1. The van der Waals surface area contributed by atoms with E-state index in [1.54, 1.807) is 0 Å². The lowest BCUT2D eigenvalue weighted by atomic mass is 9.75. The highest BCUT2D eigenvalue weighted by Gasteiger charge is 2.52. The van der Waals surface area contributed by atoms with Crippen LogP contribution in [-0.4, -0.2) is 23.3 Å². The van der Waals surface area contributed by atoms with E-state index >= 15 is 0 Å². The van der Waals surface area contributed by atoms with Crippen molar-refractivity contribution in [2.45, 2.75) is 65.1 Å². The SMILES string of the molecule is Cc1nccc(B2OC(C)(C)C(C)(C)O2)c1CC1CC1. The predicted molar refractivity (Wildman–Crippen MR) is 81.1 cm³/mol. The smallest absolute Gasteiger partial charge is 0.399 e. The summed E-state index contributed by atoms with van der Waals surface area (Å²) in [5.74, 6) is 0.832. The molecule has 1 aromatic rings. The second kappa shape index (κ2) is 4.57. The van der Waals surface area contributed by atoms with Crippen LogP contribution in [-0.2, 0) is 15.7 Å². The van der Waals surface area contributed by atoms with E-state index in [-0.39, 0.29) is 18.3 Å². The van der Waals surface area contributed by atoms with Crippen molar-refractivity contribution in [3.05, 3.63) is 23.5 Å². The number of rotatable bonds is 3. The minimum Gasteiger partial charge on any atom is -0.399 e. The van der Waals surface area contributed by atoms with Gasteiger partial charge in [-0.15, -0.1) is 0 Å². The largest absolute Gasteiger partial charge is 0.495 e. The summed E-state index contributed by atoms with van der Waals surface area (Å²) < 4.78 is 12.4. The first kappa shape index (κ1) is 14.1. The third-order valence-corrected chi connectivity index (χ3v) is 5.00. The van der Waals surface area contributed by atoms with E-state index in [2.05, 4.69) is 45.7 Å². The van der Waals surface area contributed by atoms with Crippen LogP contribution in [0.15, 0.2) is 12.3 Å². The van der Waals surface area contributed by atoms with Crippen molar-refractivity contribution in [2.24, 2.45) is 5.92 Å². The van der Waals surface area contributed by atoms with Crippen LogP contribution in [0, 0.1) is 12.8 Å². The van der Waals surface area contributed by atoms with Crippen LogP contribution < -0.4 is 5.46 Å². The van der Waals surface area contributed by atoms with E-state index < -0.39 is 0 Å². The fourth-order valence-corrected chi connectivity index (χ4v) is 2.68. The van der Waals surface area contributed by atoms with Crippen molar-refractivity contribution < 1.29 is 9.31 Å². The van der Waals surface area contributed by atoms with Gasteiger partial charge in [-0.3, -0.25) is 4.98 Å². The van der Waals surface area contributed by atoms with Crippen LogP contribution >= 0.6 is 0 Å². The Morgan fingerprint density at radius 2 is 1.80 bits per heavy atom. The Morgan fingerprint density at radius 3 is 2.35 bits per heavy atom. The number of nitrogens with zero attached hydrogens (tertiary/aromatic N) is 1. The van der Waals surface area contributed by atoms with Crippen LogP contribution in [0.25, 0.3) is 0 Å². The standard InChI is InChI=1S/C16H24BNO2/c1-11-13(10-12-6-7-12)14(8-9-18-11)17-19-15(2,3)16(4,5)20-17/h8-9,12H,6-7,10H2,1-5H3. The second-order valence-electron chi connectivity index (χ2n) is 7.20. The van der Waals surface area contributed by atoms with Gasteiger partial charge in [0, 0.05) is 11.9 Å². The fraction of sp³-hybridized carbons (Fsp3) is 0.688. The lowest BCUT2D eigenvalue weighted by Gasteiger charge is -2.32. The molecule has 1 saturated carbocycles. The molecule has 2 heterocycles. The Kier molecular flexibility index (Phi) is 3.22. The molecule has 1 saturated heterocycles. The first-order chi connectivity index (χ1) is 9.30. The lowest BCUT2D eigenvalue weighted by molar-refractivity contribution is 0.00578. The zero-order chi connectivity index (χ0) is 14.5. The van der Waals surface area contributed by atoms with Crippen molar-refractivity contribution in [1.29, 1.82) is 0 Å². The Labute approximate surface area is 122 Å². The van der Waals surface area contributed by atoms with Crippen LogP contribution in [0.1, 0.15) is 51.8 Å². The van der Waals surface area contributed by atoms with Gasteiger partial charge in [0.25, 0.3) is 0 Å². The van der Waals surface area contributed by atoms with Crippen molar-refractivity contribution in [3.63, 3.8) is 0 Å². The summed E-state index contributed by atoms with van der Waals surface area (Å²) in [6.45, 7) is 10.5. The fourth-order valence-electron chi connectivity index (χ4n) is 2.68. The van der Waals surface area contributed by atoms with E-state index in [1.165, 1.54) is 23.9 Å². The Balaban J connectivity index is 1.93. The molecule has 1 aliphatic carbocycles. The van der Waals surface area contributed by atoms with Crippen molar-refractivity contribution in [3.8, 4) is 0 Å². The number of aryl methyl sites for hydroxylation is 1. The molecule has 1 aliphatic heterocycles. The third kappa shape index (κ3) is 2.40. The van der Waals surface area contributed by atoms with Crippen molar-refractivity contribution in [1.82, 2.24) is 4.98 Å². The molecule has 0 aromatic carbocycles. The number of pyridine rings is 1. The zero-order valence-electron chi connectivity index (χ0n) is 13.2. The molecule has 4 heteroatoms. The maximum Gasteiger partial charge on any atom is 0.495 e. The molecule has 3 nitrogen and oxygen atoms in total. The minimum absolute atomic E-state index is 0.268. The van der Waals surface area contributed by atoms with Gasteiger partial charge < -0.3 is 9.31 Å². The first-order valence-electron chi connectivity index (χ1n) is 7.60. The maximum atomic E-state index is 6.20. The van der Waals surface area contributed by atoms with Gasteiger partial charge >= 0.3 is 7.12 Å². The van der Waals surface area contributed by atoms with Crippen LogP contribution in [0.5, 0.6) is 0 Å². The van der Waals surface area contributed by atoms with Crippen LogP contribution in [0.3, 0.4) is 0 Å². The summed E-state index contributed by atoms with van der Waals surface area (Å²) >= 11 is 0. The molecule has 2 fully saturated rings. The van der Waals surface area contributed by atoms with Gasteiger partial charge in [-0.05, 0) is 76.9 Å². The predicted octanol–water partition coefficient (Wildman–Crippen LogP) is 2.64. The van der Waals surface area contributed by atoms with Gasteiger partial charge in [0.15, 0.2) is 0 Å². The Morgan fingerprint density at radius 1 is 1.20 bits per heavy atom. The quantitative estimate of drug-likeness (QED) is 0.793. The molecule has 0 radical (unpaired) electrons. The third-order valence-electron chi connectivity index (χ3n) is 5.00. The number of aromatic nitrogens is 1. The summed E-state index contributed by atoms with van der Waals surface area (Å²) in [6, 6.07) is 2.06. The van der Waals surface area contributed by atoms with E-state index in [0.717, 1.165) is 18.0 Å². The van der Waals surface area contributed by atoms with Gasteiger partial charge in [-0.2, -0.15) is 0 Å². The lowest BCUT2D eigenvalue weighted by Crippen LogP contribution is -2.41. The van der Waals surface area contributed by atoms with Gasteiger partial charge in [0.1, 0.15) is 0 Å². The molecule has 108 valence electrons. The second-order valence-corrected chi connectivity index (χ2v) is 7.20. The molecule has 0 unspecified atom stereocenters. The Hall–Kier alpha value is -0.865. The number of hydrogen-bond donors (Lipinski definition) is 0. The molecule has 20 heavy (non-hydrogen) atoms. The molecular formula is C16H24BNO2. The van der Waals surface area contributed by atoms with Crippen LogP contribution in [0.2, 0.25) is 0 Å². The molecular weight excluding hydrogens is 249 g/mol. The molecule has 0 amide bonds. The highest BCUT2D eigenvalue weighted by Crippen LogP contribution is 2.37. The summed E-state index contributed by atoms with van der Waals surface area (Å²) in [6.07, 6.45) is 5.67.